The van der Waals surface area contributed by atoms with Crippen molar-refractivity contribution in [1.82, 2.24) is 9.78 Å². The quantitative estimate of drug-likeness (QED) is 0.584. The van der Waals surface area contributed by atoms with Crippen LogP contribution < -0.4 is 11.1 Å². The van der Waals surface area contributed by atoms with E-state index in [1.807, 2.05) is 0 Å². The van der Waals surface area contributed by atoms with Crippen molar-refractivity contribution in [2.24, 2.45) is 18.7 Å². The molecule has 7 nitrogen and oxygen atoms in total. The van der Waals surface area contributed by atoms with Gasteiger partial charge < -0.3 is 11.1 Å². The van der Waals surface area contributed by atoms with E-state index in [-0.39, 0.29) is 11.7 Å². The van der Waals surface area contributed by atoms with Crippen molar-refractivity contribution >= 4 is 11.5 Å². The molecule has 0 spiro atoms. The van der Waals surface area contributed by atoms with Gasteiger partial charge in [-0.25, -0.2) is 4.68 Å². The van der Waals surface area contributed by atoms with Crippen molar-refractivity contribution < 1.29 is 4.92 Å². The fraction of sp³-hybridized carbons (Fsp3) is 0.700. The molecular formula is C10H17N5O2. The fourth-order valence-corrected chi connectivity index (χ4v) is 2.07. The molecule has 1 heterocycles. The fourth-order valence-electron chi connectivity index (χ4n) is 2.07. The Balaban J connectivity index is 2.27. The van der Waals surface area contributed by atoms with Gasteiger partial charge in [-0.1, -0.05) is 0 Å². The minimum absolute atomic E-state index is 0.0478. The second kappa shape index (κ2) is 4.33. The summed E-state index contributed by atoms with van der Waals surface area (Å²) >= 11 is 0. The summed E-state index contributed by atoms with van der Waals surface area (Å²) < 4.78 is 1.51. The predicted octanol–water partition coefficient (Wildman–Crippen LogP) is 0.786. The lowest BCUT2D eigenvalue weighted by atomic mass is 10.2. The molecule has 0 radical (unpaired) electrons. The lowest BCUT2D eigenvalue weighted by Crippen LogP contribution is -2.31. The van der Waals surface area contributed by atoms with E-state index in [2.05, 4.69) is 10.4 Å². The minimum atomic E-state index is -0.398. The number of aromatic nitrogens is 2. The first-order valence-corrected chi connectivity index (χ1v) is 5.69. The molecule has 1 aromatic rings. The summed E-state index contributed by atoms with van der Waals surface area (Å²) in [6, 6.07) is 0.100. The molecular weight excluding hydrogens is 222 g/mol. The van der Waals surface area contributed by atoms with Gasteiger partial charge in [-0.15, -0.1) is 0 Å². The van der Waals surface area contributed by atoms with Gasteiger partial charge in [-0.3, -0.25) is 10.1 Å². The Labute approximate surface area is 99.1 Å². The molecule has 3 N–H and O–H groups in total. The van der Waals surface area contributed by atoms with Crippen molar-refractivity contribution in [2.75, 3.05) is 11.9 Å². The molecule has 1 saturated carbocycles. The summed E-state index contributed by atoms with van der Waals surface area (Å²) in [5.41, 5.74) is 6.15. The molecule has 0 aliphatic heterocycles. The van der Waals surface area contributed by atoms with Gasteiger partial charge in [0.05, 0.1) is 4.92 Å². The normalized spacial score (nSPS) is 16.9. The van der Waals surface area contributed by atoms with Crippen LogP contribution in [0.2, 0.25) is 0 Å². The van der Waals surface area contributed by atoms with Gasteiger partial charge in [0.2, 0.25) is 5.82 Å². The van der Waals surface area contributed by atoms with Crippen molar-refractivity contribution in [3.63, 3.8) is 0 Å². The SMILES string of the molecule is Cc1nn(C)c(NC(CN)C2CC2)c1[N+](=O)[O-]. The number of nitrogens with two attached hydrogens (primary N) is 1. The van der Waals surface area contributed by atoms with Gasteiger partial charge in [-0.2, -0.15) is 5.10 Å². The zero-order valence-corrected chi connectivity index (χ0v) is 10.0. The third kappa shape index (κ3) is 2.23. The number of hydrogen-bond acceptors (Lipinski definition) is 5. The van der Waals surface area contributed by atoms with Gasteiger partial charge >= 0.3 is 5.69 Å². The Morgan fingerprint density at radius 2 is 2.35 bits per heavy atom. The second-order valence-electron chi connectivity index (χ2n) is 4.49. The molecule has 1 aliphatic rings. The Hall–Kier alpha value is -1.63. The van der Waals surface area contributed by atoms with E-state index in [1.54, 1.807) is 14.0 Å². The van der Waals surface area contributed by atoms with Gasteiger partial charge in [0.1, 0.15) is 5.69 Å². The second-order valence-corrected chi connectivity index (χ2v) is 4.49. The van der Waals surface area contributed by atoms with Gasteiger partial charge in [0, 0.05) is 19.6 Å². The summed E-state index contributed by atoms with van der Waals surface area (Å²) in [7, 11) is 1.70. The first kappa shape index (κ1) is 11.8. The molecule has 1 aliphatic carbocycles. The van der Waals surface area contributed by atoms with E-state index in [9.17, 15) is 10.1 Å². The van der Waals surface area contributed by atoms with Gasteiger partial charge in [0.15, 0.2) is 0 Å². The van der Waals surface area contributed by atoms with Crippen LogP contribution >= 0.6 is 0 Å². The lowest BCUT2D eigenvalue weighted by molar-refractivity contribution is -0.384. The first-order valence-electron chi connectivity index (χ1n) is 5.69. The van der Waals surface area contributed by atoms with Crippen LogP contribution in [0.1, 0.15) is 18.5 Å². The molecule has 1 aromatic heterocycles. The van der Waals surface area contributed by atoms with Crippen LogP contribution in [0.4, 0.5) is 11.5 Å². The molecule has 94 valence electrons. The number of aryl methyl sites for hydroxylation is 2. The van der Waals surface area contributed by atoms with E-state index >= 15 is 0 Å². The summed E-state index contributed by atoms with van der Waals surface area (Å²) in [6.07, 6.45) is 2.28. The Morgan fingerprint density at radius 3 is 2.82 bits per heavy atom. The molecule has 1 unspecified atom stereocenters. The Bertz CT molecular complexity index is 438. The highest BCUT2D eigenvalue weighted by atomic mass is 16.6. The minimum Gasteiger partial charge on any atom is -0.360 e. The maximum atomic E-state index is 11.0. The maximum Gasteiger partial charge on any atom is 0.333 e. The van der Waals surface area contributed by atoms with E-state index in [0.29, 0.717) is 24.0 Å². The van der Waals surface area contributed by atoms with E-state index in [0.717, 1.165) is 12.8 Å². The van der Waals surface area contributed by atoms with Crippen LogP contribution in [0, 0.1) is 23.0 Å². The van der Waals surface area contributed by atoms with Gasteiger partial charge in [-0.05, 0) is 25.7 Å². The molecule has 1 fully saturated rings. The lowest BCUT2D eigenvalue weighted by Gasteiger charge is -2.16. The molecule has 2 rings (SSSR count). The van der Waals surface area contributed by atoms with Crippen LogP contribution in [0.15, 0.2) is 0 Å². The molecule has 17 heavy (non-hydrogen) atoms. The number of rotatable bonds is 5. The highest BCUT2D eigenvalue weighted by Gasteiger charge is 2.33. The van der Waals surface area contributed by atoms with Crippen molar-refractivity contribution in [1.29, 1.82) is 0 Å². The standard InChI is InChI=1S/C10H17N5O2/c1-6-9(15(16)17)10(14(2)13-6)12-8(5-11)7-3-4-7/h7-8,12H,3-5,11H2,1-2H3. The molecule has 0 saturated heterocycles. The van der Waals surface area contributed by atoms with Crippen LogP contribution in [0.3, 0.4) is 0 Å². The third-order valence-electron chi connectivity index (χ3n) is 3.14. The highest BCUT2D eigenvalue weighted by molar-refractivity contribution is 5.60. The maximum absolute atomic E-state index is 11.0. The number of hydrogen-bond donors (Lipinski definition) is 2. The summed E-state index contributed by atoms with van der Waals surface area (Å²) in [5.74, 6) is 0.990. The molecule has 1 atom stereocenters. The topological polar surface area (TPSA) is 99.0 Å². The van der Waals surface area contributed by atoms with Crippen molar-refractivity contribution in [3.05, 3.63) is 15.8 Å². The van der Waals surface area contributed by atoms with Crippen molar-refractivity contribution in [3.8, 4) is 0 Å². The average molecular weight is 239 g/mol. The summed E-state index contributed by atoms with van der Waals surface area (Å²) in [4.78, 5) is 10.6. The van der Waals surface area contributed by atoms with Crippen molar-refractivity contribution in [2.45, 2.75) is 25.8 Å². The van der Waals surface area contributed by atoms with Crippen LogP contribution in [0.5, 0.6) is 0 Å². The van der Waals surface area contributed by atoms with E-state index in [4.69, 9.17) is 5.73 Å². The number of nitrogens with one attached hydrogen (secondary N) is 1. The Kier molecular flexibility index (Phi) is 3.01. The van der Waals surface area contributed by atoms with E-state index < -0.39 is 4.92 Å². The largest absolute Gasteiger partial charge is 0.360 e. The predicted molar refractivity (Wildman–Crippen MR) is 63.8 cm³/mol. The van der Waals surface area contributed by atoms with E-state index in [1.165, 1.54) is 4.68 Å². The number of nitrogens with zero attached hydrogens (tertiary/aromatic N) is 3. The molecule has 7 heteroatoms. The summed E-state index contributed by atoms with van der Waals surface area (Å²) in [5, 5.41) is 18.2. The monoisotopic (exact) mass is 239 g/mol. The average Bonchev–Trinajstić information content (AvgIpc) is 3.02. The van der Waals surface area contributed by atoms with Gasteiger partial charge in [0.25, 0.3) is 0 Å². The van der Waals surface area contributed by atoms with Crippen LogP contribution in [-0.2, 0) is 7.05 Å². The van der Waals surface area contributed by atoms with Crippen LogP contribution in [0.25, 0.3) is 0 Å². The summed E-state index contributed by atoms with van der Waals surface area (Å²) in [6.45, 7) is 2.12. The smallest absolute Gasteiger partial charge is 0.333 e. The zero-order valence-electron chi connectivity index (χ0n) is 10.0. The molecule has 0 bridgehead atoms. The Morgan fingerprint density at radius 1 is 1.71 bits per heavy atom. The third-order valence-corrected chi connectivity index (χ3v) is 3.14. The number of nitro groups is 1. The molecule has 0 amide bonds. The first-order chi connectivity index (χ1) is 8.04. The number of anilines is 1. The molecule has 0 aromatic carbocycles. The van der Waals surface area contributed by atoms with Crippen LogP contribution in [-0.4, -0.2) is 27.3 Å². The highest BCUT2D eigenvalue weighted by Crippen LogP contribution is 2.36. The zero-order chi connectivity index (χ0) is 12.6.